The van der Waals surface area contributed by atoms with Crippen LogP contribution >= 0.6 is 128 Å². The Morgan fingerprint density at radius 2 is 0.818 bits per heavy atom. The van der Waals surface area contributed by atoms with Gasteiger partial charge in [-0.15, -0.1) is 0 Å². The van der Waals surface area contributed by atoms with Gasteiger partial charge in [0.15, 0.2) is 0 Å². The van der Waals surface area contributed by atoms with Crippen LogP contribution in [0.25, 0.3) is 0 Å². The molecule has 1 fully saturated rings. The van der Waals surface area contributed by atoms with E-state index in [-0.39, 0.29) is 41.3 Å². The Labute approximate surface area is 752 Å². The first-order chi connectivity index (χ1) is 57.9. The van der Waals surface area contributed by atoms with Crippen molar-refractivity contribution in [1.82, 2.24) is 31.2 Å². The third-order valence-electron chi connectivity index (χ3n) is 18.7. The van der Waals surface area contributed by atoms with Crippen LogP contribution in [-0.4, -0.2) is 62.9 Å². The van der Waals surface area contributed by atoms with Gasteiger partial charge in [0.1, 0.15) is 42.3 Å². The second-order valence-corrected chi connectivity index (χ2v) is 32.0. The maximum absolute atomic E-state index is 13.3. The zero-order valence-electron chi connectivity index (χ0n) is 63.8. The number of nitrogens with two attached hydrogens (primary N) is 3. The predicted molar refractivity (Wildman–Crippen MR) is 481 cm³/mol. The molecule has 2 aromatic heterocycles. The van der Waals surface area contributed by atoms with Gasteiger partial charge in [0.05, 0.1) is 64.9 Å². The highest BCUT2D eigenvalue weighted by molar-refractivity contribution is 6.42. The number of amidine groups is 2. The minimum Gasteiger partial charge on any atom is -0.383 e. The minimum atomic E-state index is -1.10. The number of alkyl halides is 1. The molecule has 6 amide bonds. The summed E-state index contributed by atoms with van der Waals surface area (Å²) >= 11 is 66.7. The van der Waals surface area contributed by atoms with Crippen LogP contribution in [0, 0.1) is 0 Å². The fraction of sp³-hybridized carbons (Fsp3) is 0.132. The molecule has 0 saturated heterocycles. The van der Waals surface area contributed by atoms with E-state index in [1.807, 2.05) is 24.3 Å². The minimum absolute atomic E-state index is 0.0360. The first-order valence-corrected chi connectivity index (χ1v) is 41.0. The lowest BCUT2D eigenvalue weighted by Gasteiger charge is -2.23. The standard InChI is InChI=1S/C25H21Cl2N3O2.C23H18Cl4N2O2.C23H19ClFN3O2.C20H15Cl4N3O/c26-19-11-9-18(10-12-19)25(13-14-25)24(32)29-21(17-7-4-8-20(27)15-17)23(31)30-22(28)16-5-2-1-3-6-16;1-13(30)9-18(14-3-2-4-16(24)10-14)23(31)29-22(21-8-6-17(25)12-28-21)15-5-7-19(26)20(27)11-15;24-19-8-4-7-18(13-19)20(23(30)28-21(26)16-5-2-1-3-6-16)27-22(29)17-11-9-15(14-25)10-12-17;21-13-3-1-2-11(8-13)18(25)20(28)27-19(17-7-5-14(22)10-26-17)12-4-6-15(23)16(24)9-12/h1-12,15,21H,13-14H2,(H,29,32)(H2,28,30,31);2-8,10-12,18,22H,9H2,1H3,(H,29,31);1-13,20H,14H2,(H,27,29)(H2,26,28,30);1-10,18-19H,25H2,(H,27,28)/t;18?,22-;;18?,19-/m.0.0/s1. The number of aromatic nitrogens is 2. The van der Waals surface area contributed by atoms with E-state index in [4.69, 9.17) is 145 Å². The molecule has 2 heterocycles. The van der Waals surface area contributed by atoms with Crippen LogP contribution in [0.2, 0.25) is 55.2 Å². The number of carbonyl (C=O) groups excluding carboxylic acids is 7. The average molecular weight is 1840 g/mol. The van der Waals surface area contributed by atoms with Crippen LogP contribution in [0.4, 0.5) is 4.39 Å². The fourth-order valence-corrected chi connectivity index (χ4v) is 14.0. The van der Waals surface area contributed by atoms with Gasteiger partial charge in [-0.2, -0.15) is 9.98 Å². The molecule has 618 valence electrons. The molecule has 4 unspecified atom stereocenters. The van der Waals surface area contributed by atoms with Gasteiger partial charge >= 0.3 is 0 Å². The number of ketones is 1. The number of hydrogen-bond donors (Lipinski definition) is 7. The lowest BCUT2D eigenvalue weighted by atomic mass is 9.92. The second kappa shape index (κ2) is 44.3. The second-order valence-electron chi connectivity index (χ2n) is 27.3. The molecule has 1 saturated carbocycles. The van der Waals surface area contributed by atoms with Crippen LogP contribution in [0.1, 0.15) is 140 Å². The summed E-state index contributed by atoms with van der Waals surface area (Å²) in [5.41, 5.74) is 25.1. The number of nitrogens with one attached hydrogen (secondary N) is 4. The van der Waals surface area contributed by atoms with Crippen molar-refractivity contribution in [2.24, 2.45) is 27.2 Å². The van der Waals surface area contributed by atoms with Gasteiger partial charge in [0, 0.05) is 60.6 Å². The number of halogens is 12. The van der Waals surface area contributed by atoms with Gasteiger partial charge < -0.3 is 38.5 Å². The molecule has 0 aliphatic heterocycles. The molecular weight excluding hydrogens is 1770 g/mol. The average Bonchev–Trinajstić information content (AvgIpc) is 1.60. The van der Waals surface area contributed by atoms with Crippen molar-refractivity contribution in [3.8, 4) is 0 Å². The quantitative estimate of drug-likeness (QED) is 0.0219. The summed E-state index contributed by atoms with van der Waals surface area (Å²) in [4.78, 5) is 107. The first-order valence-electron chi connectivity index (χ1n) is 36.9. The maximum atomic E-state index is 13.3. The number of benzene rings is 10. The number of Topliss-reactive ketones (excluding diaryl/α,β-unsaturated/α-hetero) is 1. The molecule has 6 atom stereocenters. The zero-order chi connectivity index (χ0) is 87.0. The van der Waals surface area contributed by atoms with Gasteiger partial charge in [0.2, 0.25) is 17.7 Å². The van der Waals surface area contributed by atoms with Crippen LogP contribution in [0.3, 0.4) is 0 Å². The molecule has 1 aliphatic carbocycles. The smallest absolute Gasteiger partial charge is 0.274 e. The topological polar surface area (TPSA) is 296 Å². The Hall–Kier alpha value is -10.6. The number of aliphatic imine (C=N–C) groups is 2. The summed E-state index contributed by atoms with van der Waals surface area (Å²) in [5, 5.41) is 16.4. The molecule has 10 N–H and O–H groups in total. The molecule has 30 heteroatoms. The SMILES string of the molecule is CC(=O)CC(C(=O)N[C@@H](c1ccc(Cl)c(Cl)c1)c1ccc(Cl)cn1)c1cccc(Cl)c1.NC(=NC(=O)C(NC(=O)C1(c2ccc(Cl)cc2)CC1)c1cccc(Cl)c1)c1ccccc1.NC(=NC(=O)C(NC(=O)c1ccc(CF)cc1)c1cccc(Cl)c1)c1ccccc1.NC(C(=O)N[C@@H](c1ccc(Cl)c(Cl)c1)c1ccc(Cl)cn1)c1cccc(Cl)c1. The molecule has 0 bridgehead atoms. The highest BCUT2D eigenvalue weighted by Crippen LogP contribution is 2.49. The van der Waals surface area contributed by atoms with Crippen LogP contribution in [0.15, 0.2) is 289 Å². The van der Waals surface area contributed by atoms with E-state index in [1.165, 1.54) is 43.6 Å². The van der Waals surface area contributed by atoms with E-state index < -0.39 is 71.8 Å². The van der Waals surface area contributed by atoms with Crippen molar-refractivity contribution in [2.45, 2.75) is 74.4 Å². The van der Waals surface area contributed by atoms with Gasteiger partial charge in [-0.3, -0.25) is 43.5 Å². The molecule has 121 heavy (non-hydrogen) atoms. The molecule has 12 aromatic rings. The third-order valence-corrected chi connectivity index (χ3v) is 21.8. The van der Waals surface area contributed by atoms with Crippen molar-refractivity contribution in [3.63, 3.8) is 0 Å². The van der Waals surface area contributed by atoms with Crippen molar-refractivity contribution >= 4 is 181 Å². The number of hydrogen-bond acceptors (Lipinski definition) is 10. The summed E-state index contributed by atoms with van der Waals surface area (Å²) < 4.78 is 12.7. The Kier molecular flexibility index (Phi) is 33.9. The van der Waals surface area contributed by atoms with E-state index >= 15 is 0 Å². The zero-order valence-corrected chi connectivity index (χ0v) is 72.1. The van der Waals surface area contributed by atoms with Gasteiger partial charge in [-0.05, 0) is 186 Å². The van der Waals surface area contributed by atoms with E-state index in [2.05, 4.69) is 41.2 Å². The third kappa shape index (κ3) is 26.5. The monoisotopic (exact) mass is 1840 g/mol. The van der Waals surface area contributed by atoms with E-state index in [0.717, 1.165) is 5.56 Å². The van der Waals surface area contributed by atoms with Crippen LogP contribution in [0.5, 0.6) is 0 Å². The molecular formula is C91H73Cl11FN11O7. The number of rotatable bonds is 24. The number of amides is 6. The maximum Gasteiger partial charge on any atom is 0.274 e. The Bertz CT molecular complexity index is 5750. The first kappa shape index (κ1) is 92.7. The number of carbonyl (C=O) groups is 7. The number of nitrogens with zero attached hydrogens (tertiary/aromatic N) is 4. The van der Waals surface area contributed by atoms with Crippen LogP contribution < -0.4 is 38.5 Å². The van der Waals surface area contributed by atoms with Crippen molar-refractivity contribution in [3.05, 3.63) is 407 Å². The lowest BCUT2D eigenvalue weighted by molar-refractivity contribution is -0.129. The molecule has 0 spiro atoms. The van der Waals surface area contributed by atoms with Gasteiger partial charge in [-0.25, -0.2) is 4.39 Å². The summed E-state index contributed by atoms with van der Waals surface area (Å²) in [5.74, 6) is -3.42. The Morgan fingerprint density at radius 3 is 1.23 bits per heavy atom. The molecule has 10 aromatic carbocycles. The van der Waals surface area contributed by atoms with Crippen molar-refractivity contribution < 1.29 is 38.0 Å². The largest absolute Gasteiger partial charge is 0.383 e. The van der Waals surface area contributed by atoms with E-state index in [1.54, 1.807) is 218 Å². The van der Waals surface area contributed by atoms with E-state index in [0.29, 0.717) is 130 Å². The summed E-state index contributed by atoms with van der Waals surface area (Å²) in [6.07, 6.45) is 4.41. The summed E-state index contributed by atoms with van der Waals surface area (Å²) in [6, 6.07) is 70.9. The fourth-order valence-electron chi connectivity index (χ4n) is 12.3. The molecule has 18 nitrogen and oxygen atoms in total. The van der Waals surface area contributed by atoms with Crippen molar-refractivity contribution in [2.75, 3.05) is 0 Å². The summed E-state index contributed by atoms with van der Waals surface area (Å²) in [6.45, 7) is 0.820. The van der Waals surface area contributed by atoms with Gasteiger partial charge in [-0.1, -0.05) is 273 Å². The van der Waals surface area contributed by atoms with Gasteiger partial charge in [0.25, 0.3) is 17.7 Å². The Morgan fingerprint density at radius 1 is 0.405 bits per heavy atom. The van der Waals surface area contributed by atoms with E-state index in [9.17, 15) is 38.0 Å². The summed E-state index contributed by atoms with van der Waals surface area (Å²) in [7, 11) is 0. The molecule has 1 aliphatic rings. The normalized spacial score (nSPS) is 13.5. The van der Waals surface area contributed by atoms with Crippen molar-refractivity contribution in [1.29, 1.82) is 0 Å². The molecule has 13 rings (SSSR count). The predicted octanol–water partition coefficient (Wildman–Crippen LogP) is 21.3. The number of pyridine rings is 2. The molecule has 0 radical (unpaired) electrons. The Balaban J connectivity index is 0.000000169. The van der Waals surface area contributed by atoms with Crippen LogP contribution in [-0.2, 0) is 40.9 Å². The highest BCUT2D eigenvalue weighted by atomic mass is 35.5. The lowest BCUT2D eigenvalue weighted by Crippen LogP contribution is -2.40. The highest BCUT2D eigenvalue weighted by Gasteiger charge is 2.52.